The normalized spacial score (nSPS) is 29.3. The van der Waals surface area contributed by atoms with E-state index in [-0.39, 0.29) is 18.1 Å². The van der Waals surface area contributed by atoms with Crippen LogP contribution in [0, 0.1) is 17.3 Å². The quantitative estimate of drug-likeness (QED) is 0.458. The highest BCUT2D eigenvalue weighted by atomic mass is 16.5. The molecule has 0 saturated heterocycles. The van der Waals surface area contributed by atoms with Crippen molar-refractivity contribution in [3.05, 3.63) is 20.8 Å². The second kappa shape index (κ2) is 9.20. The molecule has 0 radical (unpaired) electrons. The number of carbonyl (C=O) groups is 2. The zero-order valence-corrected chi connectivity index (χ0v) is 20.1. The van der Waals surface area contributed by atoms with Crippen LogP contribution in [0.25, 0.3) is 0 Å². The van der Waals surface area contributed by atoms with E-state index in [1.165, 1.54) is 9.47 Å². The molecule has 2 unspecified atom stereocenters. The fourth-order valence-corrected chi connectivity index (χ4v) is 6.77. The Morgan fingerprint density at radius 3 is 2.44 bits per heavy atom. The maximum Gasteiger partial charge on any atom is 0.330 e. The van der Waals surface area contributed by atoms with Crippen molar-refractivity contribution in [3.8, 4) is 0 Å². The predicted molar refractivity (Wildman–Crippen MR) is 126 cm³/mol. The first-order valence-electron chi connectivity index (χ1n) is 12.4. The first-order chi connectivity index (χ1) is 16.1. The molecule has 1 heterocycles. The molecule has 4 N–H and O–H groups in total. The van der Waals surface area contributed by atoms with Crippen LogP contribution in [0.4, 0.5) is 11.5 Å². The summed E-state index contributed by atoms with van der Waals surface area (Å²) < 4.78 is 6.78. The zero-order chi connectivity index (χ0) is 24.7. The molecule has 10 nitrogen and oxygen atoms in total. The van der Waals surface area contributed by atoms with Gasteiger partial charge in [0.25, 0.3) is 11.5 Å². The number of hydrogen-bond donors (Lipinski definition) is 3. The van der Waals surface area contributed by atoms with Gasteiger partial charge in [0.05, 0.1) is 11.0 Å². The second-order valence-electron chi connectivity index (χ2n) is 10.6. The number of anilines is 2. The maximum absolute atomic E-state index is 13.2. The van der Waals surface area contributed by atoms with Crippen LogP contribution in [0.1, 0.15) is 71.6 Å². The van der Waals surface area contributed by atoms with Gasteiger partial charge in [-0.05, 0) is 63.2 Å². The molecule has 4 fully saturated rings. The van der Waals surface area contributed by atoms with E-state index < -0.39 is 40.7 Å². The highest BCUT2D eigenvalue weighted by Crippen LogP contribution is 2.61. The average molecular weight is 477 g/mol. The minimum absolute atomic E-state index is 0.0744. The van der Waals surface area contributed by atoms with Crippen LogP contribution in [0.15, 0.2) is 9.59 Å². The monoisotopic (exact) mass is 476 g/mol. The Balaban J connectivity index is 1.53. The van der Waals surface area contributed by atoms with Gasteiger partial charge in [0, 0.05) is 13.1 Å². The molecule has 0 spiro atoms. The smallest absolute Gasteiger partial charge is 0.330 e. The third-order valence-electron chi connectivity index (χ3n) is 7.76. The summed E-state index contributed by atoms with van der Waals surface area (Å²) in [6, 6.07) is 0. The summed E-state index contributed by atoms with van der Waals surface area (Å²) in [5, 5.41) is 10.9. The van der Waals surface area contributed by atoms with Crippen LogP contribution in [-0.2, 0) is 20.9 Å². The van der Waals surface area contributed by atoms with Crippen LogP contribution >= 0.6 is 0 Å². The van der Waals surface area contributed by atoms with Gasteiger partial charge in [0.1, 0.15) is 5.82 Å². The summed E-state index contributed by atoms with van der Waals surface area (Å²) in [4.78, 5) is 54.7. The number of nitrogens with one attached hydrogen (secondary N) is 1. The lowest BCUT2D eigenvalue weighted by Gasteiger charge is -2.58. The molecule has 4 aliphatic carbocycles. The van der Waals surface area contributed by atoms with Gasteiger partial charge < -0.3 is 20.5 Å². The second-order valence-corrected chi connectivity index (χ2v) is 10.6. The Morgan fingerprint density at radius 2 is 1.85 bits per heavy atom. The lowest BCUT2D eigenvalue weighted by atomic mass is 9.48. The molecule has 34 heavy (non-hydrogen) atoms. The number of H-pyrrole nitrogens is 1. The Morgan fingerprint density at radius 1 is 1.18 bits per heavy atom. The molecule has 1 amide bonds. The first-order valence-corrected chi connectivity index (χ1v) is 12.4. The molecular formula is C24H36N4O6. The number of aromatic nitrogens is 2. The molecule has 1 aromatic rings. The third kappa shape index (κ3) is 4.39. The number of unbranched alkanes of at least 4 members (excludes halogenated alkanes) is 1. The predicted octanol–water partition coefficient (Wildman–Crippen LogP) is 1.54. The van der Waals surface area contributed by atoms with Gasteiger partial charge in [-0.1, -0.05) is 20.3 Å². The number of aliphatic hydroxyl groups is 1. The van der Waals surface area contributed by atoms with Gasteiger partial charge in [0.2, 0.25) is 0 Å². The molecule has 2 atom stereocenters. The molecule has 10 heteroatoms. The van der Waals surface area contributed by atoms with E-state index in [4.69, 9.17) is 10.5 Å². The summed E-state index contributed by atoms with van der Waals surface area (Å²) in [6.45, 7) is 3.81. The summed E-state index contributed by atoms with van der Waals surface area (Å²) in [5.41, 5.74) is 3.16. The van der Waals surface area contributed by atoms with Crippen LogP contribution in [0.5, 0.6) is 0 Å². The van der Waals surface area contributed by atoms with Crippen molar-refractivity contribution in [1.82, 2.24) is 9.55 Å². The maximum atomic E-state index is 13.2. The fourth-order valence-electron chi connectivity index (χ4n) is 6.77. The number of amides is 1. The minimum Gasteiger partial charge on any atom is -0.455 e. The van der Waals surface area contributed by atoms with E-state index in [1.807, 2.05) is 13.8 Å². The number of aromatic amines is 1. The van der Waals surface area contributed by atoms with Gasteiger partial charge in [0.15, 0.2) is 12.3 Å². The highest BCUT2D eigenvalue weighted by molar-refractivity contribution is 5.97. The van der Waals surface area contributed by atoms with Crippen molar-refractivity contribution in [3.63, 3.8) is 0 Å². The molecule has 0 aromatic carbocycles. The number of carbonyl (C=O) groups excluding carboxylic acids is 2. The van der Waals surface area contributed by atoms with E-state index in [0.717, 1.165) is 25.7 Å². The van der Waals surface area contributed by atoms with Crippen molar-refractivity contribution >= 4 is 23.4 Å². The molecular weight excluding hydrogens is 440 g/mol. The van der Waals surface area contributed by atoms with Crippen molar-refractivity contribution in [1.29, 1.82) is 0 Å². The topological polar surface area (TPSA) is 148 Å². The minimum atomic E-state index is -0.811. The zero-order valence-electron chi connectivity index (χ0n) is 20.1. The van der Waals surface area contributed by atoms with Crippen LogP contribution < -0.4 is 21.9 Å². The fraction of sp³-hybridized carbons (Fsp3) is 0.750. The largest absolute Gasteiger partial charge is 0.455 e. The molecule has 188 valence electrons. The van der Waals surface area contributed by atoms with E-state index in [9.17, 15) is 24.3 Å². The highest BCUT2D eigenvalue weighted by Gasteiger charge is 2.61. The average Bonchev–Trinajstić information content (AvgIpc) is 2.75. The Kier molecular flexibility index (Phi) is 6.63. The molecule has 0 aliphatic heterocycles. The van der Waals surface area contributed by atoms with Gasteiger partial charge in [-0.2, -0.15) is 0 Å². The third-order valence-corrected chi connectivity index (χ3v) is 7.76. The van der Waals surface area contributed by atoms with Gasteiger partial charge >= 0.3 is 11.7 Å². The molecule has 4 aliphatic rings. The molecule has 5 rings (SSSR count). The SMILES string of the molecule is CCCCN(C(=O)COC(=O)C12CC3CC(CC(O)(C3)C1)C2)c1c(N)n(CCC)c(=O)[nH]c1=O. The summed E-state index contributed by atoms with van der Waals surface area (Å²) in [5.74, 6) is -0.456. The Labute approximate surface area is 198 Å². The van der Waals surface area contributed by atoms with Crippen LogP contribution in [0.3, 0.4) is 0 Å². The lowest BCUT2D eigenvalue weighted by Crippen LogP contribution is -2.58. The van der Waals surface area contributed by atoms with Crippen molar-refractivity contribution < 1.29 is 19.4 Å². The summed E-state index contributed by atoms with van der Waals surface area (Å²) in [6.07, 6.45) is 6.25. The Bertz CT molecular complexity index is 1060. The molecule has 4 bridgehead atoms. The number of hydrogen-bond acceptors (Lipinski definition) is 7. The van der Waals surface area contributed by atoms with Gasteiger partial charge in [-0.25, -0.2) is 4.79 Å². The van der Waals surface area contributed by atoms with E-state index >= 15 is 0 Å². The van der Waals surface area contributed by atoms with Crippen LogP contribution in [-0.4, -0.2) is 45.3 Å². The lowest BCUT2D eigenvalue weighted by molar-refractivity contribution is -0.196. The van der Waals surface area contributed by atoms with Crippen molar-refractivity contribution in [2.45, 2.75) is 83.8 Å². The number of nitrogens with zero attached hydrogens (tertiary/aromatic N) is 2. The van der Waals surface area contributed by atoms with Crippen molar-refractivity contribution in [2.75, 3.05) is 23.8 Å². The molecule has 1 aromatic heterocycles. The summed E-state index contributed by atoms with van der Waals surface area (Å²) in [7, 11) is 0. The van der Waals surface area contributed by atoms with E-state index in [2.05, 4.69) is 4.98 Å². The number of ether oxygens (including phenoxy) is 1. The Hall–Kier alpha value is -2.62. The number of nitrogen functional groups attached to an aromatic ring is 1. The molecule has 4 saturated carbocycles. The standard InChI is InChI=1S/C24H36N4O6/c1-3-5-7-27(18-19(25)28(6-4-2)22(32)26-20(18)30)17(29)13-34-21(31)23-9-15-8-16(10-23)12-24(33,11-15)14-23/h15-16,33H,3-14,25H2,1-2H3,(H,26,30,32). The number of esters is 1. The van der Waals surface area contributed by atoms with E-state index in [1.54, 1.807) is 0 Å². The van der Waals surface area contributed by atoms with Gasteiger partial charge in [-0.3, -0.25) is 23.9 Å². The summed E-state index contributed by atoms with van der Waals surface area (Å²) >= 11 is 0. The van der Waals surface area contributed by atoms with Gasteiger partial charge in [-0.15, -0.1) is 0 Å². The number of rotatable bonds is 9. The van der Waals surface area contributed by atoms with E-state index in [0.29, 0.717) is 50.5 Å². The van der Waals surface area contributed by atoms with Crippen molar-refractivity contribution in [2.24, 2.45) is 17.3 Å². The number of nitrogens with two attached hydrogens (primary N) is 1. The first kappa shape index (κ1) is 24.5. The van der Waals surface area contributed by atoms with Crippen LogP contribution in [0.2, 0.25) is 0 Å².